The van der Waals surface area contributed by atoms with E-state index < -0.39 is 0 Å². The summed E-state index contributed by atoms with van der Waals surface area (Å²) in [6.07, 6.45) is 2.51. The highest BCUT2D eigenvalue weighted by molar-refractivity contribution is 9.10. The SMILES string of the molecule is O=C(c1ccccc1Br)N(CCc1ccccn1)Cc1ccccc1. The van der Waals surface area contributed by atoms with E-state index in [9.17, 15) is 4.79 Å². The third kappa shape index (κ3) is 4.77. The van der Waals surface area contributed by atoms with Gasteiger partial charge in [0.1, 0.15) is 0 Å². The molecular weight excluding hydrogens is 376 g/mol. The zero-order valence-corrected chi connectivity index (χ0v) is 15.4. The lowest BCUT2D eigenvalue weighted by Gasteiger charge is -2.23. The van der Waals surface area contributed by atoms with E-state index >= 15 is 0 Å². The van der Waals surface area contributed by atoms with Crippen LogP contribution in [0.5, 0.6) is 0 Å². The van der Waals surface area contributed by atoms with Gasteiger partial charge in [-0.2, -0.15) is 0 Å². The number of benzene rings is 2. The maximum Gasteiger partial charge on any atom is 0.255 e. The molecule has 0 fully saturated rings. The van der Waals surface area contributed by atoms with Crippen LogP contribution < -0.4 is 0 Å². The van der Waals surface area contributed by atoms with Crippen molar-refractivity contribution < 1.29 is 4.79 Å². The molecular formula is C21H19BrN2O. The molecule has 3 rings (SSSR count). The average molecular weight is 395 g/mol. The van der Waals surface area contributed by atoms with Crippen molar-refractivity contribution in [2.75, 3.05) is 6.54 Å². The molecule has 0 bridgehead atoms. The van der Waals surface area contributed by atoms with Gasteiger partial charge >= 0.3 is 0 Å². The van der Waals surface area contributed by atoms with Gasteiger partial charge in [0, 0.05) is 35.9 Å². The van der Waals surface area contributed by atoms with E-state index in [0.717, 1.165) is 22.2 Å². The van der Waals surface area contributed by atoms with Crippen LogP contribution >= 0.6 is 15.9 Å². The molecule has 0 N–H and O–H groups in total. The van der Waals surface area contributed by atoms with E-state index in [2.05, 4.69) is 20.9 Å². The number of carbonyl (C=O) groups is 1. The summed E-state index contributed by atoms with van der Waals surface area (Å²) in [5, 5.41) is 0. The summed E-state index contributed by atoms with van der Waals surface area (Å²) in [5.41, 5.74) is 2.78. The highest BCUT2D eigenvalue weighted by Crippen LogP contribution is 2.19. The first-order valence-electron chi connectivity index (χ1n) is 8.21. The standard InChI is InChI=1S/C21H19BrN2O/c22-20-12-5-4-11-19(20)21(25)24(16-17-8-2-1-3-9-17)15-13-18-10-6-7-14-23-18/h1-12,14H,13,15-16H2. The van der Waals surface area contributed by atoms with E-state index in [0.29, 0.717) is 18.7 Å². The summed E-state index contributed by atoms with van der Waals surface area (Å²) in [4.78, 5) is 19.3. The molecule has 0 aliphatic heterocycles. The molecule has 0 radical (unpaired) electrons. The zero-order chi connectivity index (χ0) is 17.5. The van der Waals surface area contributed by atoms with Crippen molar-refractivity contribution in [2.45, 2.75) is 13.0 Å². The highest BCUT2D eigenvalue weighted by Gasteiger charge is 2.18. The number of hydrogen-bond donors (Lipinski definition) is 0. The van der Waals surface area contributed by atoms with Gasteiger partial charge < -0.3 is 4.90 Å². The lowest BCUT2D eigenvalue weighted by molar-refractivity contribution is 0.0744. The van der Waals surface area contributed by atoms with E-state index in [4.69, 9.17) is 0 Å². The number of aromatic nitrogens is 1. The third-order valence-corrected chi connectivity index (χ3v) is 4.66. The van der Waals surface area contributed by atoms with Crippen molar-refractivity contribution in [1.82, 2.24) is 9.88 Å². The second kappa shape index (κ2) is 8.58. The van der Waals surface area contributed by atoms with Gasteiger partial charge in [0.05, 0.1) is 5.56 Å². The minimum atomic E-state index is 0.0206. The third-order valence-electron chi connectivity index (χ3n) is 3.97. The fourth-order valence-corrected chi connectivity index (χ4v) is 3.11. The van der Waals surface area contributed by atoms with Crippen molar-refractivity contribution >= 4 is 21.8 Å². The van der Waals surface area contributed by atoms with E-state index in [-0.39, 0.29) is 5.91 Å². The van der Waals surface area contributed by atoms with Gasteiger partial charge in [0.15, 0.2) is 0 Å². The first-order valence-corrected chi connectivity index (χ1v) is 9.01. The predicted octanol–water partition coefficient (Wildman–Crippen LogP) is 4.73. The second-order valence-electron chi connectivity index (χ2n) is 5.76. The molecule has 0 spiro atoms. The Morgan fingerprint density at radius 3 is 2.36 bits per heavy atom. The number of amides is 1. The van der Waals surface area contributed by atoms with Gasteiger partial charge in [0.25, 0.3) is 5.91 Å². The Hall–Kier alpha value is -2.46. The topological polar surface area (TPSA) is 33.2 Å². The average Bonchev–Trinajstić information content (AvgIpc) is 2.66. The lowest BCUT2D eigenvalue weighted by Crippen LogP contribution is -2.32. The highest BCUT2D eigenvalue weighted by atomic mass is 79.9. The van der Waals surface area contributed by atoms with Crippen LogP contribution in [0.3, 0.4) is 0 Å². The van der Waals surface area contributed by atoms with Crippen LogP contribution in [-0.4, -0.2) is 22.3 Å². The second-order valence-corrected chi connectivity index (χ2v) is 6.62. The number of nitrogens with zero attached hydrogens (tertiary/aromatic N) is 2. The van der Waals surface area contributed by atoms with Crippen LogP contribution in [0, 0.1) is 0 Å². The molecule has 4 heteroatoms. The van der Waals surface area contributed by atoms with Gasteiger partial charge in [-0.15, -0.1) is 0 Å². The van der Waals surface area contributed by atoms with Crippen molar-refractivity contribution in [2.24, 2.45) is 0 Å². The normalized spacial score (nSPS) is 10.4. The van der Waals surface area contributed by atoms with Crippen LogP contribution in [0.25, 0.3) is 0 Å². The van der Waals surface area contributed by atoms with Crippen molar-refractivity contribution in [3.8, 4) is 0 Å². The summed E-state index contributed by atoms with van der Waals surface area (Å²) >= 11 is 3.49. The first-order chi connectivity index (χ1) is 12.2. The molecule has 0 saturated heterocycles. The number of rotatable bonds is 6. The minimum Gasteiger partial charge on any atom is -0.334 e. The Kier molecular flexibility index (Phi) is 5.96. The van der Waals surface area contributed by atoms with Crippen LogP contribution in [0.15, 0.2) is 83.5 Å². The molecule has 0 atom stereocenters. The first kappa shape index (κ1) is 17.4. The molecule has 0 aliphatic carbocycles. The molecule has 1 heterocycles. The number of pyridine rings is 1. The van der Waals surface area contributed by atoms with Gasteiger partial charge in [0.2, 0.25) is 0 Å². The Labute approximate surface area is 156 Å². The molecule has 3 aromatic rings. The molecule has 0 saturated carbocycles. The van der Waals surface area contributed by atoms with Crippen LogP contribution in [0.1, 0.15) is 21.6 Å². The monoisotopic (exact) mass is 394 g/mol. The Morgan fingerprint density at radius 1 is 0.920 bits per heavy atom. The van der Waals surface area contributed by atoms with E-state index in [1.54, 1.807) is 6.20 Å². The molecule has 126 valence electrons. The Balaban J connectivity index is 1.80. The molecule has 2 aromatic carbocycles. The Bertz CT molecular complexity index is 822. The van der Waals surface area contributed by atoms with Crippen LogP contribution in [0.2, 0.25) is 0 Å². The van der Waals surface area contributed by atoms with Crippen LogP contribution in [-0.2, 0) is 13.0 Å². The van der Waals surface area contributed by atoms with Gasteiger partial charge in [-0.3, -0.25) is 9.78 Å². The fraction of sp³-hybridized carbons (Fsp3) is 0.143. The number of halogens is 1. The molecule has 3 nitrogen and oxygen atoms in total. The molecule has 1 amide bonds. The van der Waals surface area contributed by atoms with Crippen LogP contribution in [0.4, 0.5) is 0 Å². The molecule has 1 aromatic heterocycles. The molecule has 0 aliphatic rings. The zero-order valence-electron chi connectivity index (χ0n) is 13.8. The van der Waals surface area contributed by atoms with Crippen molar-refractivity contribution in [3.05, 3.63) is 100 Å². The molecule has 25 heavy (non-hydrogen) atoms. The summed E-state index contributed by atoms with van der Waals surface area (Å²) in [5.74, 6) is 0.0206. The van der Waals surface area contributed by atoms with Crippen molar-refractivity contribution in [3.63, 3.8) is 0 Å². The quantitative estimate of drug-likeness (QED) is 0.605. The largest absolute Gasteiger partial charge is 0.334 e. The number of hydrogen-bond acceptors (Lipinski definition) is 2. The van der Waals surface area contributed by atoms with Crippen molar-refractivity contribution in [1.29, 1.82) is 0 Å². The molecule has 0 unspecified atom stereocenters. The summed E-state index contributed by atoms with van der Waals surface area (Å²) < 4.78 is 0.816. The van der Waals surface area contributed by atoms with E-state index in [1.807, 2.05) is 77.7 Å². The Morgan fingerprint density at radius 2 is 1.64 bits per heavy atom. The summed E-state index contributed by atoms with van der Waals surface area (Å²) in [6, 6.07) is 23.5. The maximum atomic E-state index is 13.1. The van der Waals surface area contributed by atoms with Gasteiger partial charge in [-0.05, 0) is 45.8 Å². The lowest BCUT2D eigenvalue weighted by atomic mass is 10.1. The summed E-state index contributed by atoms with van der Waals surface area (Å²) in [7, 11) is 0. The predicted molar refractivity (Wildman–Crippen MR) is 103 cm³/mol. The van der Waals surface area contributed by atoms with Gasteiger partial charge in [-0.1, -0.05) is 48.5 Å². The van der Waals surface area contributed by atoms with E-state index in [1.165, 1.54) is 0 Å². The van der Waals surface area contributed by atoms with Gasteiger partial charge in [-0.25, -0.2) is 0 Å². The fourth-order valence-electron chi connectivity index (χ4n) is 2.66. The smallest absolute Gasteiger partial charge is 0.255 e. The number of carbonyl (C=O) groups excluding carboxylic acids is 1. The summed E-state index contributed by atoms with van der Waals surface area (Å²) in [6.45, 7) is 1.19. The maximum absolute atomic E-state index is 13.1. The minimum absolute atomic E-state index is 0.0206.